The average Bonchev–Trinajstić information content (AvgIpc) is 2.25. The summed E-state index contributed by atoms with van der Waals surface area (Å²) < 4.78 is 4.94. The summed E-state index contributed by atoms with van der Waals surface area (Å²) in [5.41, 5.74) is 1.74. The largest absolute Gasteiger partial charge is 0.464 e. The van der Waals surface area contributed by atoms with Crippen LogP contribution in [0, 0.1) is 19.3 Å². The highest BCUT2D eigenvalue weighted by Gasteiger charge is 2.09. The van der Waals surface area contributed by atoms with Crippen LogP contribution in [0.2, 0.25) is 5.02 Å². The SMILES string of the molecule is C#CCCOC(=O)Cc1cccc(C)c1Cl. The minimum atomic E-state index is -0.303. The van der Waals surface area contributed by atoms with Gasteiger partial charge in [0, 0.05) is 11.4 Å². The van der Waals surface area contributed by atoms with Gasteiger partial charge in [-0.3, -0.25) is 4.79 Å². The number of carbonyl (C=O) groups excluding carboxylic acids is 1. The smallest absolute Gasteiger partial charge is 0.310 e. The molecule has 1 aromatic carbocycles. The van der Waals surface area contributed by atoms with E-state index in [-0.39, 0.29) is 19.0 Å². The predicted molar refractivity (Wildman–Crippen MR) is 64.3 cm³/mol. The minimum absolute atomic E-state index is 0.186. The molecule has 1 aromatic rings. The molecule has 0 aliphatic rings. The van der Waals surface area contributed by atoms with E-state index in [0.717, 1.165) is 11.1 Å². The molecule has 2 nitrogen and oxygen atoms in total. The maximum atomic E-state index is 11.4. The fourth-order valence-corrected chi connectivity index (χ4v) is 1.47. The van der Waals surface area contributed by atoms with Gasteiger partial charge in [0.1, 0.15) is 6.61 Å². The molecule has 0 radical (unpaired) electrons. The van der Waals surface area contributed by atoms with Gasteiger partial charge in [0.15, 0.2) is 0 Å². The Kier molecular flexibility index (Phi) is 4.88. The molecule has 0 aliphatic carbocycles. The Labute approximate surface area is 101 Å². The van der Waals surface area contributed by atoms with Crippen LogP contribution < -0.4 is 0 Å². The van der Waals surface area contributed by atoms with Crippen molar-refractivity contribution in [3.63, 3.8) is 0 Å². The molecule has 0 aliphatic heterocycles. The summed E-state index contributed by atoms with van der Waals surface area (Å²) in [7, 11) is 0. The van der Waals surface area contributed by atoms with Crippen LogP contribution in [0.5, 0.6) is 0 Å². The molecular weight excluding hydrogens is 224 g/mol. The van der Waals surface area contributed by atoms with Crippen molar-refractivity contribution in [2.24, 2.45) is 0 Å². The summed E-state index contributed by atoms with van der Waals surface area (Å²) in [6.45, 7) is 2.16. The molecule has 1 rings (SSSR count). The van der Waals surface area contributed by atoms with Gasteiger partial charge in [-0.1, -0.05) is 29.8 Å². The van der Waals surface area contributed by atoms with Crippen molar-refractivity contribution >= 4 is 17.6 Å². The van der Waals surface area contributed by atoms with Gasteiger partial charge in [0.25, 0.3) is 0 Å². The van der Waals surface area contributed by atoms with Crippen molar-refractivity contribution in [1.82, 2.24) is 0 Å². The monoisotopic (exact) mass is 236 g/mol. The van der Waals surface area contributed by atoms with E-state index in [1.165, 1.54) is 0 Å². The Morgan fingerprint density at radius 2 is 2.31 bits per heavy atom. The summed E-state index contributed by atoms with van der Waals surface area (Å²) >= 11 is 6.06. The second-order valence-electron chi connectivity index (χ2n) is 3.40. The minimum Gasteiger partial charge on any atom is -0.464 e. The van der Waals surface area contributed by atoms with Crippen molar-refractivity contribution in [1.29, 1.82) is 0 Å². The summed E-state index contributed by atoms with van der Waals surface area (Å²) in [6, 6.07) is 5.58. The van der Waals surface area contributed by atoms with Gasteiger partial charge in [-0.15, -0.1) is 12.3 Å². The molecule has 0 unspecified atom stereocenters. The quantitative estimate of drug-likeness (QED) is 0.457. The van der Waals surface area contributed by atoms with Crippen molar-refractivity contribution in [2.75, 3.05) is 6.61 Å². The first kappa shape index (κ1) is 12.6. The topological polar surface area (TPSA) is 26.3 Å². The lowest BCUT2D eigenvalue weighted by atomic mass is 10.1. The van der Waals surface area contributed by atoms with E-state index in [1.807, 2.05) is 25.1 Å². The second-order valence-corrected chi connectivity index (χ2v) is 3.78. The van der Waals surface area contributed by atoms with Gasteiger partial charge in [0.05, 0.1) is 6.42 Å². The number of halogens is 1. The standard InChI is InChI=1S/C13H13ClO2/c1-3-4-8-16-12(15)9-11-7-5-6-10(2)13(11)14/h1,5-7H,4,8-9H2,2H3. The normalized spacial score (nSPS) is 9.56. The fourth-order valence-electron chi connectivity index (χ4n) is 1.28. The van der Waals surface area contributed by atoms with Gasteiger partial charge in [0.2, 0.25) is 0 Å². The van der Waals surface area contributed by atoms with Gasteiger partial charge in [-0.2, -0.15) is 0 Å². The number of esters is 1. The van der Waals surface area contributed by atoms with Gasteiger partial charge >= 0.3 is 5.97 Å². The van der Waals surface area contributed by atoms with Crippen LogP contribution in [0.25, 0.3) is 0 Å². The lowest BCUT2D eigenvalue weighted by molar-refractivity contribution is -0.142. The van der Waals surface area contributed by atoms with Crippen LogP contribution in [0.1, 0.15) is 17.5 Å². The van der Waals surface area contributed by atoms with E-state index in [0.29, 0.717) is 11.4 Å². The second kappa shape index (κ2) is 6.19. The average molecular weight is 237 g/mol. The summed E-state index contributed by atoms with van der Waals surface area (Å²) in [4.78, 5) is 11.4. The Bertz CT molecular complexity index is 418. The number of terminal acetylenes is 1. The lowest BCUT2D eigenvalue weighted by Crippen LogP contribution is -2.09. The zero-order valence-electron chi connectivity index (χ0n) is 9.13. The molecule has 0 amide bonds. The molecule has 0 N–H and O–H groups in total. The van der Waals surface area contributed by atoms with Crippen LogP contribution in [0.4, 0.5) is 0 Å². The number of ether oxygens (including phenoxy) is 1. The van der Waals surface area contributed by atoms with E-state index in [2.05, 4.69) is 5.92 Å². The molecule has 0 heterocycles. The van der Waals surface area contributed by atoms with Crippen LogP contribution in [0.3, 0.4) is 0 Å². The molecule has 0 atom stereocenters. The Balaban J connectivity index is 2.57. The molecule has 16 heavy (non-hydrogen) atoms. The molecule has 0 aromatic heterocycles. The Hall–Kier alpha value is -1.46. The van der Waals surface area contributed by atoms with Crippen molar-refractivity contribution in [3.05, 3.63) is 34.3 Å². The molecule has 0 bridgehead atoms. The zero-order chi connectivity index (χ0) is 12.0. The molecule has 84 valence electrons. The van der Waals surface area contributed by atoms with Gasteiger partial charge in [-0.05, 0) is 18.1 Å². The zero-order valence-corrected chi connectivity index (χ0v) is 9.88. The van der Waals surface area contributed by atoms with Gasteiger partial charge in [-0.25, -0.2) is 0 Å². The fraction of sp³-hybridized carbons (Fsp3) is 0.308. The van der Waals surface area contributed by atoms with E-state index in [9.17, 15) is 4.79 Å². The highest BCUT2D eigenvalue weighted by molar-refractivity contribution is 6.32. The third-order valence-corrected chi connectivity index (χ3v) is 2.66. The first-order valence-corrected chi connectivity index (χ1v) is 5.36. The number of aryl methyl sites for hydroxylation is 1. The molecule has 0 spiro atoms. The Morgan fingerprint density at radius 3 is 3.00 bits per heavy atom. The third-order valence-electron chi connectivity index (χ3n) is 2.12. The maximum absolute atomic E-state index is 11.4. The lowest BCUT2D eigenvalue weighted by Gasteiger charge is -2.06. The van der Waals surface area contributed by atoms with Crippen molar-refractivity contribution in [3.8, 4) is 12.3 Å². The highest BCUT2D eigenvalue weighted by Crippen LogP contribution is 2.20. The molecule has 0 fully saturated rings. The molecule has 0 saturated heterocycles. The van der Waals surface area contributed by atoms with Crippen LogP contribution in [0.15, 0.2) is 18.2 Å². The van der Waals surface area contributed by atoms with Gasteiger partial charge < -0.3 is 4.74 Å². The number of hydrogen-bond donors (Lipinski definition) is 0. The van der Waals surface area contributed by atoms with Crippen LogP contribution in [-0.4, -0.2) is 12.6 Å². The van der Waals surface area contributed by atoms with E-state index in [4.69, 9.17) is 22.8 Å². The summed E-state index contributed by atoms with van der Waals surface area (Å²) in [5.74, 6) is 2.10. The van der Waals surface area contributed by atoms with E-state index >= 15 is 0 Å². The summed E-state index contributed by atoms with van der Waals surface area (Å²) in [6.07, 6.45) is 5.67. The predicted octanol–water partition coefficient (Wildman–Crippen LogP) is 2.76. The summed E-state index contributed by atoms with van der Waals surface area (Å²) in [5, 5.41) is 0.622. The van der Waals surface area contributed by atoms with Crippen molar-refractivity contribution < 1.29 is 9.53 Å². The first-order chi connectivity index (χ1) is 7.65. The van der Waals surface area contributed by atoms with Crippen molar-refractivity contribution in [2.45, 2.75) is 19.8 Å². The Morgan fingerprint density at radius 1 is 1.56 bits per heavy atom. The first-order valence-electron chi connectivity index (χ1n) is 4.98. The van der Waals surface area contributed by atoms with E-state index in [1.54, 1.807) is 0 Å². The molecule has 0 saturated carbocycles. The highest BCUT2D eigenvalue weighted by atomic mass is 35.5. The third kappa shape index (κ3) is 3.60. The number of benzene rings is 1. The molecule has 3 heteroatoms. The molecular formula is C13H13ClO2. The van der Waals surface area contributed by atoms with E-state index < -0.39 is 0 Å². The number of hydrogen-bond acceptors (Lipinski definition) is 2. The van der Waals surface area contributed by atoms with Crippen LogP contribution in [-0.2, 0) is 16.0 Å². The van der Waals surface area contributed by atoms with Crippen LogP contribution >= 0.6 is 11.6 Å². The maximum Gasteiger partial charge on any atom is 0.310 e. The number of carbonyl (C=O) groups is 1. The number of rotatable bonds is 4.